The number of nitrogens with zero attached hydrogens (tertiary/aromatic N) is 3. The van der Waals surface area contributed by atoms with E-state index in [0.717, 1.165) is 39.0 Å². The smallest absolute Gasteiger partial charge is 0.177 e. The van der Waals surface area contributed by atoms with Crippen LogP contribution in [0.4, 0.5) is 0 Å². The maximum atomic E-state index is 6.80. The Morgan fingerprint density at radius 3 is 1.63 bits per heavy atom. The van der Waals surface area contributed by atoms with Gasteiger partial charge in [0.1, 0.15) is 0 Å². The van der Waals surface area contributed by atoms with E-state index in [2.05, 4.69) is 141 Å². The summed E-state index contributed by atoms with van der Waals surface area (Å²) >= 11 is 0. The molecule has 2 heterocycles. The number of hydrogen-bond acceptors (Lipinski definition) is 5. The highest BCUT2D eigenvalue weighted by atomic mass is 16.6. The highest BCUT2D eigenvalue weighted by Gasteiger charge is 2.37. The summed E-state index contributed by atoms with van der Waals surface area (Å²) in [5.41, 5.74) is 9.43. The van der Waals surface area contributed by atoms with E-state index in [1.165, 1.54) is 49.2 Å². The Bertz CT molecular complexity index is 3340. The molecule has 0 atom stereocenters. The molecule has 2 aliphatic rings. The monoisotopic (exact) mass is 757 g/mol. The zero-order chi connectivity index (χ0) is 39.2. The van der Waals surface area contributed by atoms with Crippen molar-refractivity contribution in [1.82, 2.24) is 15.0 Å². The fourth-order valence-electron chi connectivity index (χ4n) is 9.25. The van der Waals surface area contributed by atoms with Crippen molar-refractivity contribution in [2.24, 2.45) is 0 Å². The van der Waals surface area contributed by atoms with Crippen LogP contribution >= 0.6 is 0 Å². The molecule has 0 fully saturated rings. The van der Waals surface area contributed by atoms with Crippen molar-refractivity contribution in [2.75, 3.05) is 0 Å². The second-order valence-electron chi connectivity index (χ2n) is 16.0. The lowest BCUT2D eigenvalue weighted by Crippen LogP contribution is -2.15. The average Bonchev–Trinajstić information content (AvgIpc) is 3.52. The van der Waals surface area contributed by atoms with Crippen LogP contribution < -0.4 is 9.47 Å². The number of aromatic nitrogens is 3. The third-order valence-corrected chi connectivity index (χ3v) is 12.2. The topological polar surface area (TPSA) is 57.1 Å². The second kappa shape index (κ2) is 12.7. The van der Waals surface area contributed by atoms with E-state index < -0.39 is 0 Å². The van der Waals surface area contributed by atoms with Crippen LogP contribution in [0.25, 0.3) is 88.7 Å². The summed E-state index contributed by atoms with van der Waals surface area (Å²) in [5.74, 6) is 4.60. The van der Waals surface area contributed by atoms with Gasteiger partial charge in [0.25, 0.3) is 0 Å². The molecule has 1 aromatic heterocycles. The number of benzene rings is 9. The van der Waals surface area contributed by atoms with Gasteiger partial charge in [-0.05, 0) is 90.5 Å². The molecule has 0 radical (unpaired) electrons. The van der Waals surface area contributed by atoms with E-state index in [9.17, 15) is 0 Å². The Kier molecular flexibility index (Phi) is 7.20. The number of ether oxygens (including phenoxy) is 2. The quantitative estimate of drug-likeness (QED) is 0.167. The van der Waals surface area contributed by atoms with Gasteiger partial charge in [0.2, 0.25) is 0 Å². The molecule has 0 bridgehead atoms. The summed E-state index contributed by atoms with van der Waals surface area (Å²) in [4.78, 5) is 15.4. The van der Waals surface area contributed by atoms with E-state index in [-0.39, 0.29) is 5.41 Å². The number of rotatable bonds is 4. The molecule has 59 heavy (non-hydrogen) atoms. The molecule has 0 amide bonds. The molecule has 1 aliphatic carbocycles. The van der Waals surface area contributed by atoms with Crippen molar-refractivity contribution in [2.45, 2.75) is 19.3 Å². The summed E-state index contributed by atoms with van der Waals surface area (Å²) in [6, 6.07) is 61.3. The summed E-state index contributed by atoms with van der Waals surface area (Å²) in [5, 5.41) is 7.27. The first-order valence-electron chi connectivity index (χ1n) is 20.0. The van der Waals surface area contributed by atoms with Gasteiger partial charge in [0, 0.05) is 27.7 Å². The lowest BCUT2D eigenvalue weighted by Gasteiger charge is -2.26. The van der Waals surface area contributed by atoms with Crippen LogP contribution in [-0.2, 0) is 5.41 Å². The first-order valence-corrected chi connectivity index (χ1v) is 20.0. The lowest BCUT2D eigenvalue weighted by atomic mass is 9.82. The van der Waals surface area contributed by atoms with Crippen molar-refractivity contribution in [3.05, 3.63) is 187 Å². The molecule has 0 unspecified atom stereocenters. The molecule has 5 nitrogen and oxygen atoms in total. The van der Waals surface area contributed by atoms with Gasteiger partial charge in [-0.2, -0.15) is 0 Å². The lowest BCUT2D eigenvalue weighted by molar-refractivity contribution is 0.360. The largest absolute Gasteiger partial charge is 0.449 e. The molecule has 12 rings (SSSR count). The molecular formula is C54H35N3O2. The SMILES string of the molecule is CC1(C)c2ccccc2-c2cc3c(cc21)Oc1cccc(-c2cccc(-c4nc(-c5ccccc5)nc(-c5ccc6c7ccccc7c7ccccc7c6c5)n4)c2)c1O3. The molecule has 278 valence electrons. The van der Waals surface area contributed by atoms with E-state index in [4.69, 9.17) is 24.4 Å². The fraction of sp³-hybridized carbons (Fsp3) is 0.0556. The molecule has 0 saturated heterocycles. The van der Waals surface area contributed by atoms with Gasteiger partial charge in [-0.1, -0.05) is 159 Å². The number of fused-ring (bicyclic) bond motifs is 11. The van der Waals surface area contributed by atoms with E-state index in [0.29, 0.717) is 34.7 Å². The van der Waals surface area contributed by atoms with Crippen LogP contribution in [0.2, 0.25) is 0 Å². The standard InChI is InChI=1S/C54H35N3O2/c1-54(2)45-24-11-10-22-42(45)44-30-48-49(31-46(44)54)58-47-25-13-23-36(50(47)59-48)33-16-12-17-34(28-33)52-55-51(32-14-4-3-5-15-32)56-53(57-52)35-26-27-41-39-20-7-6-18-37(39)38-19-8-9-21-40(38)43(41)29-35/h3-31H,1-2H3. The number of hydrogen-bond donors (Lipinski definition) is 0. The first-order chi connectivity index (χ1) is 29.0. The first kappa shape index (κ1) is 33.5. The minimum Gasteiger partial charge on any atom is -0.449 e. The molecule has 0 spiro atoms. The minimum absolute atomic E-state index is 0.139. The van der Waals surface area contributed by atoms with E-state index >= 15 is 0 Å². The van der Waals surface area contributed by atoms with Gasteiger partial charge < -0.3 is 9.47 Å². The van der Waals surface area contributed by atoms with Gasteiger partial charge >= 0.3 is 0 Å². The van der Waals surface area contributed by atoms with Crippen LogP contribution in [0.15, 0.2) is 176 Å². The van der Waals surface area contributed by atoms with Crippen molar-refractivity contribution in [1.29, 1.82) is 0 Å². The average molecular weight is 758 g/mol. The predicted molar refractivity (Wildman–Crippen MR) is 238 cm³/mol. The third kappa shape index (κ3) is 5.21. The van der Waals surface area contributed by atoms with Crippen LogP contribution in [0.1, 0.15) is 25.0 Å². The Balaban J connectivity index is 0.973. The molecular weight excluding hydrogens is 723 g/mol. The van der Waals surface area contributed by atoms with Crippen molar-refractivity contribution >= 4 is 32.3 Å². The van der Waals surface area contributed by atoms with Gasteiger partial charge in [0.05, 0.1) is 0 Å². The normalized spacial score (nSPS) is 13.3. The van der Waals surface area contributed by atoms with Gasteiger partial charge in [-0.15, -0.1) is 0 Å². The highest BCUT2D eigenvalue weighted by Crippen LogP contribution is 2.56. The predicted octanol–water partition coefficient (Wildman–Crippen LogP) is 14.2. The van der Waals surface area contributed by atoms with Gasteiger partial charge in [-0.25, -0.2) is 15.0 Å². The zero-order valence-corrected chi connectivity index (χ0v) is 32.4. The van der Waals surface area contributed by atoms with Crippen LogP contribution in [0.3, 0.4) is 0 Å². The maximum Gasteiger partial charge on any atom is 0.177 e. The van der Waals surface area contributed by atoms with Crippen LogP contribution in [-0.4, -0.2) is 15.0 Å². The Morgan fingerprint density at radius 2 is 0.881 bits per heavy atom. The Hall–Kier alpha value is -7.63. The van der Waals surface area contributed by atoms with Crippen LogP contribution in [0.5, 0.6) is 23.0 Å². The van der Waals surface area contributed by atoms with Crippen molar-refractivity contribution < 1.29 is 9.47 Å². The van der Waals surface area contributed by atoms with Gasteiger partial charge in [-0.3, -0.25) is 0 Å². The van der Waals surface area contributed by atoms with Gasteiger partial charge in [0.15, 0.2) is 40.5 Å². The van der Waals surface area contributed by atoms with Crippen LogP contribution in [0, 0.1) is 0 Å². The molecule has 0 saturated carbocycles. The number of para-hydroxylation sites is 1. The van der Waals surface area contributed by atoms with Crippen molar-refractivity contribution in [3.8, 4) is 79.4 Å². The summed E-state index contributed by atoms with van der Waals surface area (Å²) < 4.78 is 13.4. The summed E-state index contributed by atoms with van der Waals surface area (Å²) in [6.45, 7) is 4.55. The zero-order valence-electron chi connectivity index (χ0n) is 32.4. The molecule has 9 aromatic carbocycles. The molecule has 5 heteroatoms. The molecule has 0 N–H and O–H groups in total. The minimum atomic E-state index is -0.139. The molecule has 1 aliphatic heterocycles. The third-order valence-electron chi connectivity index (χ3n) is 12.2. The Morgan fingerprint density at radius 1 is 0.339 bits per heavy atom. The maximum absolute atomic E-state index is 6.80. The molecule has 10 aromatic rings. The van der Waals surface area contributed by atoms with E-state index in [1.54, 1.807) is 0 Å². The summed E-state index contributed by atoms with van der Waals surface area (Å²) in [7, 11) is 0. The highest BCUT2D eigenvalue weighted by molar-refractivity contribution is 6.25. The summed E-state index contributed by atoms with van der Waals surface area (Å²) in [6.07, 6.45) is 0. The fourth-order valence-corrected chi connectivity index (χ4v) is 9.25. The van der Waals surface area contributed by atoms with Crippen molar-refractivity contribution in [3.63, 3.8) is 0 Å². The van der Waals surface area contributed by atoms with E-state index in [1.807, 2.05) is 48.5 Å². The second-order valence-corrected chi connectivity index (χ2v) is 16.0. The Labute approximate surface area is 341 Å².